The van der Waals surface area contributed by atoms with E-state index in [0.29, 0.717) is 18.5 Å². The second kappa shape index (κ2) is 6.75. The van der Waals surface area contributed by atoms with Crippen LogP contribution in [0.2, 0.25) is 10.0 Å². The second-order valence-corrected chi connectivity index (χ2v) is 4.26. The van der Waals surface area contributed by atoms with Crippen LogP contribution in [0.1, 0.15) is 19.8 Å². The Bertz CT molecular complexity index is 418. The Labute approximate surface area is 113 Å². The fourth-order valence-electron chi connectivity index (χ4n) is 1.28. The first kappa shape index (κ1) is 15.0. The normalized spacial score (nSPS) is 10.6. The molecule has 0 saturated heterocycles. The van der Waals surface area contributed by atoms with Crippen molar-refractivity contribution in [3.05, 3.63) is 22.2 Å². The van der Waals surface area contributed by atoms with Crippen LogP contribution >= 0.6 is 23.2 Å². The largest absolute Gasteiger partial charge is 0.432 e. The summed E-state index contributed by atoms with van der Waals surface area (Å²) in [7, 11) is 0. The van der Waals surface area contributed by atoms with Crippen LogP contribution in [0.15, 0.2) is 12.1 Å². The van der Waals surface area contributed by atoms with Crippen LogP contribution in [0.3, 0.4) is 0 Å². The first-order valence-corrected chi connectivity index (χ1v) is 5.93. The summed E-state index contributed by atoms with van der Waals surface area (Å²) < 4.78 is 28.3. The zero-order valence-electron chi connectivity index (χ0n) is 9.47. The molecule has 1 aromatic rings. The molecule has 0 aliphatic carbocycles. The molecule has 1 aromatic carbocycles. The maximum atomic E-state index is 12.1. The van der Waals surface area contributed by atoms with Crippen molar-refractivity contribution in [3.63, 3.8) is 0 Å². The molecule has 0 saturated carbocycles. The molecule has 0 atom stereocenters. The Hall–Kier alpha value is -1.07. The van der Waals surface area contributed by atoms with E-state index >= 15 is 0 Å². The molecule has 0 spiro atoms. The van der Waals surface area contributed by atoms with E-state index in [1.807, 2.05) is 6.92 Å². The van der Waals surface area contributed by atoms with Crippen LogP contribution in [0.5, 0.6) is 5.75 Å². The van der Waals surface area contributed by atoms with Crippen LogP contribution in [0.4, 0.5) is 14.5 Å². The molecule has 1 N–H and O–H groups in total. The smallest absolute Gasteiger partial charge is 0.387 e. The molecule has 100 valence electrons. The van der Waals surface area contributed by atoms with E-state index in [-0.39, 0.29) is 21.7 Å². The fourth-order valence-corrected chi connectivity index (χ4v) is 1.86. The van der Waals surface area contributed by atoms with Crippen molar-refractivity contribution in [1.82, 2.24) is 0 Å². The van der Waals surface area contributed by atoms with Crippen molar-refractivity contribution >= 4 is 34.8 Å². The van der Waals surface area contributed by atoms with Gasteiger partial charge in [0.2, 0.25) is 5.91 Å². The van der Waals surface area contributed by atoms with E-state index in [0.717, 1.165) is 0 Å². The standard InChI is InChI=1S/C11H11Cl2F2NO2/c1-2-3-9(17)16-6-4-7(12)10(8(13)5-6)18-11(14)15/h4-5,11H,2-3H2,1H3,(H,16,17). The molecule has 3 nitrogen and oxygen atoms in total. The zero-order chi connectivity index (χ0) is 13.7. The van der Waals surface area contributed by atoms with Gasteiger partial charge in [-0.15, -0.1) is 0 Å². The van der Waals surface area contributed by atoms with Gasteiger partial charge in [-0.05, 0) is 18.6 Å². The number of hydrogen-bond donors (Lipinski definition) is 1. The zero-order valence-corrected chi connectivity index (χ0v) is 11.0. The highest BCUT2D eigenvalue weighted by Crippen LogP contribution is 2.36. The van der Waals surface area contributed by atoms with Crippen LogP contribution in [-0.2, 0) is 4.79 Å². The first-order valence-electron chi connectivity index (χ1n) is 5.17. The number of carbonyl (C=O) groups excluding carboxylic acids is 1. The number of anilines is 1. The third-order valence-electron chi connectivity index (χ3n) is 1.97. The molecule has 0 aliphatic rings. The molecule has 0 unspecified atom stereocenters. The lowest BCUT2D eigenvalue weighted by Crippen LogP contribution is -2.11. The molecular weight excluding hydrogens is 287 g/mol. The molecule has 0 aromatic heterocycles. The number of ether oxygens (including phenoxy) is 1. The van der Waals surface area contributed by atoms with Gasteiger partial charge in [0, 0.05) is 12.1 Å². The number of amides is 1. The van der Waals surface area contributed by atoms with Crippen LogP contribution in [-0.4, -0.2) is 12.5 Å². The van der Waals surface area contributed by atoms with Gasteiger partial charge >= 0.3 is 6.61 Å². The lowest BCUT2D eigenvalue weighted by molar-refractivity contribution is -0.116. The highest BCUT2D eigenvalue weighted by Gasteiger charge is 2.15. The van der Waals surface area contributed by atoms with E-state index < -0.39 is 6.61 Å². The Morgan fingerprint density at radius 1 is 1.39 bits per heavy atom. The van der Waals surface area contributed by atoms with E-state index in [1.54, 1.807) is 0 Å². The summed E-state index contributed by atoms with van der Waals surface area (Å²) in [4.78, 5) is 11.3. The molecule has 1 amide bonds. The van der Waals surface area contributed by atoms with Crippen LogP contribution < -0.4 is 10.1 Å². The topological polar surface area (TPSA) is 38.3 Å². The van der Waals surface area contributed by atoms with Gasteiger partial charge in [0.1, 0.15) is 0 Å². The second-order valence-electron chi connectivity index (χ2n) is 3.45. The molecule has 1 rings (SSSR count). The van der Waals surface area contributed by atoms with Gasteiger partial charge in [0.05, 0.1) is 10.0 Å². The van der Waals surface area contributed by atoms with Crippen LogP contribution in [0, 0.1) is 0 Å². The Morgan fingerprint density at radius 3 is 2.39 bits per heavy atom. The third kappa shape index (κ3) is 4.31. The number of alkyl halides is 2. The summed E-state index contributed by atoms with van der Waals surface area (Å²) in [5.41, 5.74) is 0.338. The Balaban J connectivity index is 2.89. The minimum absolute atomic E-state index is 0.0883. The van der Waals surface area contributed by atoms with E-state index in [4.69, 9.17) is 23.2 Å². The summed E-state index contributed by atoms with van der Waals surface area (Å²) in [5, 5.41) is 2.38. The average Bonchev–Trinajstić information content (AvgIpc) is 2.23. The minimum atomic E-state index is -3.01. The van der Waals surface area contributed by atoms with Crippen LogP contribution in [0.25, 0.3) is 0 Å². The van der Waals surface area contributed by atoms with E-state index in [1.165, 1.54) is 12.1 Å². The average molecular weight is 298 g/mol. The number of hydrogen-bond acceptors (Lipinski definition) is 2. The number of carbonyl (C=O) groups is 1. The third-order valence-corrected chi connectivity index (χ3v) is 2.53. The fraction of sp³-hybridized carbons (Fsp3) is 0.364. The lowest BCUT2D eigenvalue weighted by atomic mass is 10.2. The van der Waals surface area contributed by atoms with Gasteiger partial charge < -0.3 is 10.1 Å². The lowest BCUT2D eigenvalue weighted by Gasteiger charge is -2.11. The number of benzene rings is 1. The maximum absolute atomic E-state index is 12.1. The molecule has 0 radical (unpaired) electrons. The summed E-state index contributed by atoms with van der Waals surface area (Å²) in [6.45, 7) is -1.15. The van der Waals surface area contributed by atoms with E-state index in [2.05, 4.69) is 10.1 Å². The van der Waals surface area contributed by atoms with Gasteiger partial charge in [0.25, 0.3) is 0 Å². The summed E-state index contributed by atoms with van der Waals surface area (Å²) in [6, 6.07) is 2.61. The molecule has 18 heavy (non-hydrogen) atoms. The monoisotopic (exact) mass is 297 g/mol. The maximum Gasteiger partial charge on any atom is 0.387 e. The summed E-state index contributed by atoms with van der Waals surface area (Å²) in [6.07, 6.45) is 1.05. The van der Waals surface area contributed by atoms with Crippen molar-refractivity contribution in [3.8, 4) is 5.75 Å². The number of rotatable bonds is 5. The van der Waals surface area contributed by atoms with Gasteiger partial charge in [-0.3, -0.25) is 4.79 Å². The molecule has 7 heteroatoms. The molecule has 0 bridgehead atoms. The number of halogens is 4. The highest BCUT2D eigenvalue weighted by atomic mass is 35.5. The van der Waals surface area contributed by atoms with Crippen molar-refractivity contribution in [1.29, 1.82) is 0 Å². The van der Waals surface area contributed by atoms with Gasteiger partial charge in [-0.1, -0.05) is 30.1 Å². The SMILES string of the molecule is CCCC(=O)Nc1cc(Cl)c(OC(F)F)c(Cl)c1. The van der Waals surface area contributed by atoms with Crippen molar-refractivity contribution in [2.24, 2.45) is 0 Å². The predicted molar refractivity (Wildman–Crippen MR) is 66.6 cm³/mol. The summed E-state index contributed by atoms with van der Waals surface area (Å²) >= 11 is 11.5. The summed E-state index contributed by atoms with van der Waals surface area (Å²) in [5.74, 6) is -0.506. The Morgan fingerprint density at radius 2 is 1.94 bits per heavy atom. The van der Waals surface area contributed by atoms with Crippen molar-refractivity contribution < 1.29 is 18.3 Å². The van der Waals surface area contributed by atoms with Crippen molar-refractivity contribution in [2.75, 3.05) is 5.32 Å². The van der Waals surface area contributed by atoms with E-state index in [9.17, 15) is 13.6 Å². The van der Waals surface area contributed by atoms with Gasteiger partial charge in [0.15, 0.2) is 5.75 Å². The van der Waals surface area contributed by atoms with Gasteiger partial charge in [-0.2, -0.15) is 8.78 Å². The molecule has 0 heterocycles. The predicted octanol–water partition coefficient (Wildman–Crippen LogP) is 4.33. The molecular formula is C11H11Cl2F2NO2. The van der Waals surface area contributed by atoms with Gasteiger partial charge in [-0.25, -0.2) is 0 Å². The molecule has 0 aliphatic heterocycles. The minimum Gasteiger partial charge on any atom is -0.432 e. The molecule has 0 fully saturated rings. The first-order chi connectivity index (χ1) is 8.43. The number of nitrogens with one attached hydrogen (secondary N) is 1. The van der Waals surface area contributed by atoms with Crippen molar-refractivity contribution in [2.45, 2.75) is 26.4 Å². The Kier molecular flexibility index (Phi) is 5.62. The quantitative estimate of drug-likeness (QED) is 0.878. The highest BCUT2D eigenvalue weighted by molar-refractivity contribution is 6.37.